The predicted molar refractivity (Wildman–Crippen MR) is 64.8 cm³/mol. The molecule has 0 aliphatic rings. The fourth-order valence-corrected chi connectivity index (χ4v) is 3.70. The molecule has 3 nitrogen and oxygen atoms in total. The number of fused-ring (bicyclic) bond motifs is 1. The highest BCUT2D eigenvalue weighted by Gasteiger charge is 2.23. The lowest BCUT2D eigenvalue weighted by molar-refractivity contribution is 0.609. The molecule has 2 aromatic rings. The maximum Gasteiger partial charge on any atom is 0.265 e. The Morgan fingerprint density at radius 2 is 1.88 bits per heavy atom. The van der Waals surface area contributed by atoms with Gasteiger partial charge in [0.15, 0.2) is 5.15 Å². The van der Waals surface area contributed by atoms with Crippen LogP contribution >= 0.6 is 33.9 Å². The molecular formula is C9H3Cl3FNO2S. The van der Waals surface area contributed by atoms with Crippen molar-refractivity contribution >= 4 is 53.8 Å². The molecule has 17 heavy (non-hydrogen) atoms. The van der Waals surface area contributed by atoms with E-state index in [0.717, 1.165) is 12.1 Å². The normalized spacial score (nSPS) is 12.0. The Bertz CT molecular complexity index is 718. The van der Waals surface area contributed by atoms with E-state index in [1.54, 1.807) is 0 Å². The van der Waals surface area contributed by atoms with Gasteiger partial charge in [-0.3, -0.25) is 0 Å². The van der Waals surface area contributed by atoms with Crippen LogP contribution in [0.25, 0.3) is 10.9 Å². The van der Waals surface area contributed by atoms with Crippen LogP contribution in [0.3, 0.4) is 0 Å². The number of aromatic nitrogens is 1. The summed E-state index contributed by atoms with van der Waals surface area (Å²) in [4.78, 5) is 3.28. The van der Waals surface area contributed by atoms with Gasteiger partial charge in [-0.2, -0.15) is 0 Å². The molecule has 0 atom stereocenters. The third-order valence-electron chi connectivity index (χ3n) is 2.04. The van der Waals surface area contributed by atoms with Crippen molar-refractivity contribution in [1.82, 2.24) is 4.98 Å². The van der Waals surface area contributed by atoms with Gasteiger partial charge in [-0.1, -0.05) is 23.2 Å². The van der Waals surface area contributed by atoms with Crippen LogP contribution in [-0.4, -0.2) is 13.4 Å². The molecule has 0 unspecified atom stereocenters. The monoisotopic (exact) mass is 313 g/mol. The highest BCUT2D eigenvalue weighted by Crippen LogP contribution is 2.36. The molecule has 0 saturated carbocycles. The molecule has 0 aliphatic carbocycles. The van der Waals surface area contributed by atoms with Gasteiger partial charge in [-0.05, 0) is 18.2 Å². The third-order valence-corrected chi connectivity index (χ3v) is 4.28. The summed E-state index contributed by atoms with van der Waals surface area (Å²) in [5.41, 5.74) is 0.283. The molecule has 1 aromatic heterocycles. The van der Waals surface area contributed by atoms with Gasteiger partial charge in [-0.15, -0.1) is 0 Å². The van der Waals surface area contributed by atoms with Crippen LogP contribution in [0.1, 0.15) is 0 Å². The Kier molecular flexibility index (Phi) is 3.20. The predicted octanol–water partition coefficient (Wildman–Crippen LogP) is 3.61. The van der Waals surface area contributed by atoms with E-state index in [1.165, 1.54) is 6.07 Å². The Labute approximate surface area is 111 Å². The van der Waals surface area contributed by atoms with Gasteiger partial charge in [0.2, 0.25) is 0 Å². The Morgan fingerprint density at radius 3 is 2.47 bits per heavy atom. The second kappa shape index (κ2) is 4.24. The van der Waals surface area contributed by atoms with Crippen molar-refractivity contribution in [3.8, 4) is 0 Å². The summed E-state index contributed by atoms with van der Waals surface area (Å²) in [5.74, 6) is -0.568. The molecule has 0 bridgehead atoms. The number of halogens is 4. The van der Waals surface area contributed by atoms with Crippen LogP contribution in [0.15, 0.2) is 23.1 Å². The molecular weight excluding hydrogens is 312 g/mol. The number of hydrogen-bond donors (Lipinski definition) is 0. The number of benzene rings is 1. The Balaban J connectivity index is 2.98. The summed E-state index contributed by atoms with van der Waals surface area (Å²) in [5, 5.41) is -0.450. The molecule has 0 spiro atoms. The van der Waals surface area contributed by atoms with E-state index in [9.17, 15) is 12.8 Å². The highest BCUT2D eigenvalue weighted by atomic mass is 35.7. The largest absolute Gasteiger partial charge is 0.265 e. The molecule has 0 saturated heterocycles. The van der Waals surface area contributed by atoms with Crippen LogP contribution in [0.4, 0.5) is 4.39 Å². The van der Waals surface area contributed by atoms with Gasteiger partial charge < -0.3 is 0 Å². The quantitative estimate of drug-likeness (QED) is 0.597. The maximum atomic E-state index is 13.0. The number of pyridine rings is 1. The minimum Gasteiger partial charge on any atom is -0.235 e. The lowest BCUT2D eigenvalue weighted by Gasteiger charge is -2.06. The highest BCUT2D eigenvalue weighted by molar-refractivity contribution is 8.14. The van der Waals surface area contributed by atoms with E-state index in [1.807, 2.05) is 0 Å². The molecule has 0 N–H and O–H groups in total. The number of nitrogens with zero attached hydrogens (tertiary/aromatic N) is 1. The molecule has 1 aromatic carbocycles. The van der Waals surface area contributed by atoms with E-state index in [0.29, 0.717) is 0 Å². The zero-order valence-electron chi connectivity index (χ0n) is 7.92. The van der Waals surface area contributed by atoms with Crippen LogP contribution in [0.2, 0.25) is 10.2 Å². The first kappa shape index (κ1) is 12.8. The fourth-order valence-electron chi connectivity index (χ4n) is 1.36. The molecule has 0 fully saturated rings. The minimum absolute atomic E-state index is 0.135. The lowest BCUT2D eigenvalue weighted by atomic mass is 10.2. The maximum absolute atomic E-state index is 13.0. The average molecular weight is 315 g/mol. The first-order valence-electron chi connectivity index (χ1n) is 4.19. The summed E-state index contributed by atoms with van der Waals surface area (Å²) in [6.45, 7) is 0. The van der Waals surface area contributed by atoms with Crippen LogP contribution < -0.4 is 0 Å². The zero-order valence-corrected chi connectivity index (χ0v) is 11.0. The third kappa shape index (κ3) is 2.33. The molecule has 0 aliphatic heterocycles. The lowest BCUT2D eigenvalue weighted by Crippen LogP contribution is -1.97. The van der Waals surface area contributed by atoms with Gasteiger partial charge in [0.25, 0.3) is 9.05 Å². The summed E-state index contributed by atoms with van der Waals surface area (Å²) in [7, 11) is 1.03. The van der Waals surface area contributed by atoms with E-state index < -0.39 is 19.8 Å². The standard InChI is InChI=1S/C9H3Cl3FNO2S/c10-7-5-3-4(13)1-2-6(5)14-9(11)8(7)17(12,15)16/h1-3H. The van der Waals surface area contributed by atoms with E-state index in [2.05, 4.69) is 4.98 Å². The molecule has 0 radical (unpaired) electrons. The molecule has 90 valence electrons. The first-order valence-corrected chi connectivity index (χ1v) is 7.26. The van der Waals surface area contributed by atoms with Gasteiger partial charge in [-0.25, -0.2) is 17.8 Å². The first-order chi connectivity index (χ1) is 7.80. The Hall–Kier alpha value is -0.620. The van der Waals surface area contributed by atoms with Crippen LogP contribution in [-0.2, 0) is 9.05 Å². The number of rotatable bonds is 1. The smallest absolute Gasteiger partial charge is 0.235 e. The van der Waals surface area contributed by atoms with Crippen molar-refractivity contribution in [3.63, 3.8) is 0 Å². The average Bonchev–Trinajstić information content (AvgIpc) is 2.17. The summed E-state index contributed by atoms with van der Waals surface area (Å²) in [6.07, 6.45) is 0. The second-order valence-electron chi connectivity index (χ2n) is 3.15. The van der Waals surface area contributed by atoms with Crippen LogP contribution in [0.5, 0.6) is 0 Å². The van der Waals surface area contributed by atoms with E-state index in [4.69, 9.17) is 33.9 Å². The van der Waals surface area contributed by atoms with Gasteiger partial charge >= 0.3 is 0 Å². The second-order valence-corrected chi connectivity index (χ2v) is 6.38. The van der Waals surface area contributed by atoms with E-state index >= 15 is 0 Å². The molecule has 2 rings (SSSR count). The molecule has 0 amide bonds. The minimum atomic E-state index is -4.15. The summed E-state index contributed by atoms with van der Waals surface area (Å²) in [6, 6.07) is 3.57. The topological polar surface area (TPSA) is 47.0 Å². The van der Waals surface area contributed by atoms with Crippen molar-refractivity contribution in [2.45, 2.75) is 4.90 Å². The van der Waals surface area contributed by atoms with Crippen molar-refractivity contribution < 1.29 is 12.8 Å². The SMILES string of the molecule is O=S(=O)(Cl)c1c(Cl)nc2ccc(F)cc2c1Cl. The van der Waals surface area contributed by atoms with Crippen molar-refractivity contribution in [1.29, 1.82) is 0 Å². The molecule has 1 heterocycles. The summed E-state index contributed by atoms with van der Waals surface area (Å²) >= 11 is 11.5. The van der Waals surface area contributed by atoms with Crippen molar-refractivity contribution in [3.05, 3.63) is 34.2 Å². The van der Waals surface area contributed by atoms with Crippen LogP contribution in [0, 0.1) is 5.82 Å². The zero-order chi connectivity index (χ0) is 12.8. The van der Waals surface area contributed by atoms with Crippen molar-refractivity contribution in [2.24, 2.45) is 0 Å². The van der Waals surface area contributed by atoms with E-state index in [-0.39, 0.29) is 21.1 Å². The fraction of sp³-hybridized carbons (Fsp3) is 0. The van der Waals surface area contributed by atoms with Gasteiger partial charge in [0, 0.05) is 16.1 Å². The summed E-state index contributed by atoms with van der Waals surface area (Å²) < 4.78 is 35.6. The van der Waals surface area contributed by atoms with Crippen molar-refractivity contribution in [2.75, 3.05) is 0 Å². The Morgan fingerprint density at radius 1 is 1.24 bits per heavy atom. The molecule has 8 heteroatoms. The number of hydrogen-bond acceptors (Lipinski definition) is 3. The van der Waals surface area contributed by atoms with Gasteiger partial charge in [0.1, 0.15) is 10.7 Å². The van der Waals surface area contributed by atoms with Gasteiger partial charge in [0.05, 0.1) is 10.5 Å².